The lowest BCUT2D eigenvalue weighted by Crippen LogP contribution is -2.56. The van der Waals surface area contributed by atoms with Gasteiger partial charge in [-0.25, -0.2) is 0 Å². The zero-order valence-electron chi connectivity index (χ0n) is 11.6. The number of likely N-dealkylation sites (N-methyl/N-ethyl adjacent to an activating group) is 1. The summed E-state index contributed by atoms with van der Waals surface area (Å²) in [6.45, 7) is 2.46. The third-order valence-electron chi connectivity index (χ3n) is 5.28. The zero-order valence-corrected chi connectivity index (χ0v) is 11.6. The van der Waals surface area contributed by atoms with Crippen molar-refractivity contribution in [2.45, 2.75) is 69.5 Å². The molecule has 3 aliphatic rings. The Morgan fingerprint density at radius 1 is 1.06 bits per heavy atom. The third kappa shape index (κ3) is 2.48. The number of fused-ring (bicyclic) bond motifs is 2. The predicted octanol–water partition coefficient (Wildman–Crippen LogP) is 2.06. The topological polar surface area (TPSA) is 23.6 Å². The minimum atomic E-state index is 0.512. The number of carbonyl (C=O) groups excluding carboxylic acids is 1. The molecule has 3 rings (SSSR count). The highest BCUT2D eigenvalue weighted by Crippen LogP contribution is 2.33. The lowest BCUT2D eigenvalue weighted by atomic mass is 9.83. The third-order valence-corrected chi connectivity index (χ3v) is 5.28. The average molecular weight is 250 g/mol. The van der Waals surface area contributed by atoms with Gasteiger partial charge in [0.2, 0.25) is 0 Å². The molecule has 3 aliphatic heterocycles. The van der Waals surface area contributed by atoms with Crippen molar-refractivity contribution < 1.29 is 4.79 Å². The van der Waals surface area contributed by atoms with Crippen LogP contribution in [-0.2, 0) is 4.79 Å². The van der Waals surface area contributed by atoms with Crippen molar-refractivity contribution in [2.24, 2.45) is 0 Å². The SMILES string of the molecule is CN1CCCCC1CN1C2CCCC1CC(=O)C2. The monoisotopic (exact) mass is 250 g/mol. The lowest BCUT2D eigenvalue weighted by molar-refractivity contribution is -0.127. The first-order chi connectivity index (χ1) is 8.74. The molecule has 102 valence electrons. The van der Waals surface area contributed by atoms with Crippen LogP contribution in [0.5, 0.6) is 0 Å². The van der Waals surface area contributed by atoms with Crippen LogP contribution in [0.1, 0.15) is 51.4 Å². The summed E-state index contributed by atoms with van der Waals surface area (Å²) >= 11 is 0. The summed E-state index contributed by atoms with van der Waals surface area (Å²) in [6.07, 6.45) is 9.58. The van der Waals surface area contributed by atoms with Gasteiger partial charge in [0.1, 0.15) is 5.78 Å². The molecule has 3 fully saturated rings. The number of nitrogens with zero attached hydrogens (tertiary/aromatic N) is 2. The molecule has 3 nitrogen and oxygen atoms in total. The first-order valence-corrected chi connectivity index (χ1v) is 7.71. The van der Waals surface area contributed by atoms with Gasteiger partial charge in [0.05, 0.1) is 0 Å². The van der Waals surface area contributed by atoms with Crippen LogP contribution in [0.4, 0.5) is 0 Å². The zero-order chi connectivity index (χ0) is 12.5. The van der Waals surface area contributed by atoms with Crippen molar-refractivity contribution in [3.63, 3.8) is 0 Å². The summed E-state index contributed by atoms with van der Waals surface area (Å²) in [5.41, 5.74) is 0. The number of likely N-dealkylation sites (tertiary alicyclic amines) is 1. The summed E-state index contributed by atoms with van der Waals surface area (Å²) < 4.78 is 0. The van der Waals surface area contributed by atoms with Crippen LogP contribution in [0.3, 0.4) is 0 Å². The maximum absolute atomic E-state index is 11.7. The molecule has 0 aromatic rings. The van der Waals surface area contributed by atoms with E-state index in [4.69, 9.17) is 0 Å². The second-order valence-corrected chi connectivity index (χ2v) is 6.51. The van der Waals surface area contributed by atoms with Gasteiger partial charge >= 0.3 is 0 Å². The fourth-order valence-corrected chi connectivity index (χ4v) is 4.18. The highest BCUT2D eigenvalue weighted by Gasteiger charge is 2.38. The van der Waals surface area contributed by atoms with E-state index in [-0.39, 0.29) is 0 Å². The summed E-state index contributed by atoms with van der Waals surface area (Å²) in [5, 5.41) is 0. The van der Waals surface area contributed by atoms with E-state index in [9.17, 15) is 4.79 Å². The molecule has 2 bridgehead atoms. The van der Waals surface area contributed by atoms with Gasteiger partial charge in [0.15, 0.2) is 0 Å². The van der Waals surface area contributed by atoms with E-state index in [1.807, 2.05) is 0 Å². The quantitative estimate of drug-likeness (QED) is 0.749. The molecule has 3 saturated heterocycles. The number of hydrogen-bond donors (Lipinski definition) is 0. The van der Waals surface area contributed by atoms with Crippen LogP contribution in [-0.4, -0.2) is 53.8 Å². The second-order valence-electron chi connectivity index (χ2n) is 6.51. The van der Waals surface area contributed by atoms with Gasteiger partial charge in [-0.05, 0) is 39.3 Å². The van der Waals surface area contributed by atoms with E-state index in [2.05, 4.69) is 16.8 Å². The van der Waals surface area contributed by atoms with Gasteiger partial charge in [-0.1, -0.05) is 12.8 Å². The molecule has 3 atom stereocenters. The van der Waals surface area contributed by atoms with Gasteiger partial charge < -0.3 is 4.90 Å². The Labute approximate surface area is 111 Å². The summed E-state index contributed by atoms with van der Waals surface area (Å²) in [4.78, 5) is 17.0. The Hall–Kier alpha value is -0.410. The molecule has 0 radical (unpaired) electrons. The molecule has 0 N–H and O–H groups in total. The maximum Gasteiger partial charge on any atom is 0.136 e. The molecule has 0 saturated carbocycles. The minimum Gasteiger partial charge on any atom is -0.302 e. The molecule has 3 unspecified atom stereocenters. The highest BCUT2D eigenvalue weighted by molar-refractivity contribution is 5.80. The molecular weight excluding hydrogens is 224 g/mol. The number of piperidine rings is 3. The maximum atomic E-state index is 11.7. The Morgan fingerprint density at radius 3 is 2.44 bits per heavy atom. The van der Waals surface area contributed by atoms with Gasteiger partial charge in [-0.3, -0.25) is 9.69 Å². The molecule has 0 aromatic heterocycles. The second kappa shape index (κ2) is 5.30. The lowest BCUT2D eigenvalue weighted by Gasteiger charge is -2.48. The molecule has 3 heteroatoms. The Bertz CT molecular complexity index is 302. The first-order valence-electron chi connectivity index (χ1n) is 7.71. The summed E-state index contributed by atoms with van der Waals surface area (Å²) in [6, 6.07) is 1.87. The van der Waals surface area contributed by atoms with Crippen LogP contribution >= 0.6 is 0 Å². The van der Waals surface area contributed by atoms with Crippen molar-refractivity contribution in [3.8, 4) is 0 Å². The smallest absolute Gasteiger partial charge is 0.136 e. The van der Waals surface area contributed by atoms with E-state index in [1.54, 1.807) is 0 Å². The van der Waals surface area contributed by atoms with Crippen LogP contribution in [0, 0.1) is 0 Å². The van der Waals surface area contributed by atoms with Crippen molar-refractivity contribution in [1.82, 2.24) is 9.80 Å². The van der Waals surface area contributed by atoms with Crippen LogP contribution < -0.4 is 0 Å². The Morgan fingerprint density at radius 2 is 1.78 bits per heavy atom. The first kappa shape index (κ1) is 12.6. The van der Waals surface area contributed by atoms with Gasteiger partial charge in [-0.2, -0.15) is 0 Å². The van der Waals surface area contributed by atoms with E-state index in [0.717, 1.165) is 18.9 Å². The number of hydrogen-bond acceptors (Lipinski definition) is 3. The molecule has 0 amide bonds. The van der Waals surface area contributed by atoms with E-state index < -0.39 is 0 Å². The van der Waals surface area contributed by atoms with Gasteiger partial charge in [-0.15, -0.1) is 0 Å². The fourth-order valence-electron chi connectivity index (χ4n) is 4.18. The van der Waals surface area contributed by atoms with Crippen LogP contribution in [0.25, 0.3) is 0 Å². The molecule has 3 heterocycles. The van der Waals surface area contributed by atoms with E-state index in [1.165, 1.54) is 51.6 Å². The minimum absolute atomic E-state index is 0.512. The van der Waals surface area contributed by atoms with Crippen molar-refractivity contribution in [2.75, 3.05) is 20.1 Å². The fraction of sp³-hybridized carbons (Fsp3) is 0.933. The molecule has 18 heavy (non-hydrogen) atoms. The highest BCUT2D eigenvalue weighted by atomic mass is 16.1. The number of Topliss-reactive ketones (excluding diaryl/α,β-unsaturated/α-hetero) is 1. The van der Waals surface area contributed by atoms with E-state index in [0.29, 0.717) is 17.9 Å². The van der Waals surface area contributed by atoms with Crippen molar-refractivity contribution >= 4 is 5.78 Å². The van der Waals surface area contributed by atoms with Crippen LogP contribution in [0.2, 0.25) is 0 Å². The Balaban J connectivity index is 1.66. The van der Waals surface area contributed by atoms with E-state index >= 15 is 0 Å². The van der Waals surface area contributed by atoms with Crippen molar-refractivity contribution in [1.29, 1.82) is 0 Å². The normalized spacial score (nSPS) is 38.9. The number of ketones is 1. The van der Waals surface area contributed by atoms with Crippen LogP contribution in [0.15, 0.2) is 0 Å². The molecule has 0 spiro atoms. The molecule has 0 aromatic carbocycles. The van der Waals surface area contributed by atoms with Gasteiger partial charge in [0, 0.05) is 37.5 Å². The predicted molar refractivity (Wildman–Crippen MR) is 72.6 cm³/mol. The van der Waals surface area contributed by atoms with Crippen molar-refractivity contribution in [3.05, 3.63) is 0 Å². The Kier molecular flexibility index (Phi) is 3.71. The summed E-state index contributed by atoms with van der Waals surface area (Å²) in [7, 11) is 2.27. The summed E-state index contributed by atoms with van der Waals surface area (Å²) in [5.74, 6) is 0.512. The largest absolute Gasteiger partial charge is 0.302 e. The number of rotatable bonds is 2. The molecule has 0 aliphatic carbocycles. The standard InChI is InChI=1S/C15H26N2O/c1-16-8-3-2-5-14(16)11-17-12-6-4-7-13(17)10-15(18)9-12/h12-14H,2-11H2,1H3. The average Bonchev–Trinajstić information content (AvgIpc) is 2.33. The molecular formula is C15H26N2O. The number of carbonyl (C=O) groups is 1. The van der Waals surface area contributed by atoms with Gasteiger partial charge in [0.25, 0.3) is 0 Å².